The standard InChI is InChI=1S/C14H20BrN3O2/c1-4-20-6-5-18(3)12-8-11-9(7-10(12)15)13(16-2)14(19)17-11/h7-8,13,16H,4-6H2,1-3H3,(H,17,19). The number of carbonyl (C=O) groups is 1. The number of halogens is 1. The molecule has 5 nitrogen and oxygen atoms in total. The molecule has 0 aromatic heterocycles. The molecule has 1 atom stereocenters. The van der Waals surface area contributed by atoms with Gasteiger partial charge in [-0.2, -0.15) is 0 Å². The fourth-order valence-electron chi connectivity index (χ4n) is 2.32. The molecule has 0 spiro atoms. The van der Waals surface area contributed by atoms with Crippen LogP contribution in [-0.4, -0.2) is 39.8 Å². The van der Waals surface area contributed by atoms with Crippen LogP contribution in [0.25, 0.3) is 0 Å². The van der Waals surface area contributed by atoms with E-state index in [2.05, 4.69) is 31.5 Å². The van der Waals surface area contributed by atoms with E-state index in [0.29, 0.717) is 6.61 Å². The molecule has 0 aliphatic carbocycles. The molecular weight excluding hydrogens is 322 g/mol. The minimum atomic E-state index is -0.274. The van der Waals surface area contributed by atoms with E-state index in [4.69, 9.17) is 4.74 Å². The summed E-state index contributed by atoms with van der Waals surface area (Å²) in [5, 5.41) is 5.93. The molecular formula is C14H20BrN3O2. The van der Waals surface area contributed by atoms with E-state index in [9.17, 15) is 4.79 Å². The van der Waals surface area contributed by atoms with Crippen LogP contribution in [0.1, 0.15) is 18.5 Å². The Bertz CT molecular complexity index is 507. The van der Waals surface area contributed by atoms with Crippen molar-refractivity contribution in [2.75, 3.05) is 44.1 Å². The Morgan fingerprint density at radius 3 is 2.90 bits per heavy atom. The van der Waals surface area contributed by atoms with Gasteiger partial charge in [-0.05, 0) is 42.0 Å². The largest absolute Gasteiger partial charge is 0.380 e. The first-order valence-corrected chi connectivity index (χ1v) is 7.48. The molecule has 1 amide bonds. The van der Waals surface area contributed by atoms with Crippen LogP contribution in [0.5, 0.6) is 0 Å². The average Bonchev–Trinajstić information content (AvgIpc) is 2.72. The van der Waals surface area contributed by atoms with Gasteiger partial charge in [0.25, 0.3) is 0 Å². The Morgan fingerprint density at radius 1 is 1.50 bits per heavy atom. The van der Waals surface area contributed by atoms with Crippen LogP contribution >= 0.6 is 15.9 Å². The number of benzene rings is 1. The predicted molar refractivity (Wildman–Crippen MR) is 84.3 cm³/mol. The number of ether oxygens (including phenoxy) is 1. The Labute approximate surface area is 127 Å². The lowest BCUT2D eigenvalue weighted by Gasteiger charge is -2.21. The number of likely N-dealkylation sites (N-methyl/N-ethyl adjacent to an activating group) is 2. The number of hydrogen-bond donors (Lipinski definition) is 2. The summed E-state index contributed by atoms with van der Waals surface area (Å²) >= 11 is 3.59. The molecule has 2 rings (SSSR count). The van der Waals surface area contributed by atoms with Crippen LogP contribution in [0.4, 0.5) is 11.4 Å². The summed E-state index contributed by atoms with van der Waals surface area (Å²) in [7, 11) is 3.80. The highest BCUT2D eigenvalue weighted by Crippen LogP contribution is 2.38. The number of hydrogen-bond acceptors (Lipinski definition) is 4. The van der Waals surface area contributed by atoms with Gasteiger partial charge in [-0.25, -0.2) is 0 Å². The fraction of sp³-hybridized carbons (Fsp3) is 0.500. The van der Waals surface area contributed by atoms with Crippen molar-refractivity contribution in [3.63, 3.8) is 0 Å². The summed E-state index contributed by atoms with van der Waals surface area (Å²) in [6.07, 6.45) is 0. The smallest absolute Gasteiger partial charge is 0.246 e. The van der Waals surface area contributed by atoms with Crippen LogP contribution in [0.15, 0.2) is 16.6 Å². The van der Waals surface area contributed by atoms with Gasteiger partial charge in [0.1, 0.15) is 6.04 Å². The van der Waals surface area contributed by atoms with E-state index in [1.165, 1.54) is 0 Å². The summed E-state index contributed by atoms with van der Waals surface area (Å²) in [6, 6.07) is 3.73. The molecule has 1 heterocycles. The molecule has 0 saturated carbocycles. The SMILES string of the molecule is CCOCCN(C)c1cc2c(cc1Br)C(NC)C(=O)N2. The molecule has 1 aromatic rings. The van der Waals surface area contributed by atoms with Crippen molar-refractivity contribution in [3.05, 3.63) is 22.2 Å². The Morgan fingerprint density at radius 2 is 2.25 bits per heavy atom. The molecule has 0 radical (unpaired) electrons. The van der Waals surface area contributed by atoms with Gasteiger partial charge in [0, 0.05) is 35.9 Å². The van der Waals surface area contributed by atoms with E-state index in [-0.39, 0.29) is 11.9 Å². The second kappa shape index (κ2) is 6.56. The second-order valence-electron chi connectivity index (χ2n) is 4.72. The number of fused-ring (bicyclic) bond motifs is 1. The summed E-state index contributed by atoms with van der Waals surface area (Å²) in [6.45, 7) is 4.19. The zero-order valence-electron chi connectivity index (χ0n) is 12.0. The van der Waals surface area contributed by atoms with Gasteiger partial charge < -0.3 is 20.3 Å². The van der Waals surface area contributed by atoms with Crippen molar-refractivity contribution >= 4 is 33.2 Å². The summed E-state index contributed by atoms with van der Waals surface area (Å²) < 4.78 is 6.35. The van der Waals surface area contributed by atoms with Crippen molar-refractivity contribution in [2.45, 2.75) is 13.0 Å². The van der Waals surface area contributed by atoms with Crippen LogP contribution in [-0.2, 0) is 9.53 Å². The van der Waals surface area contributed by atoms with Crippen molar-refractivity contribution in [1.82, 2.24) is 5.32 Å². The molecule has 2 N–H and O–H groups in total. The second-order valence-corrected chi connectivity index (χ2v) is 5.57. The number of carbonyl (C=O) groups excluding carboxylic acids is 1. The molecule has 6 heteroatoms. The third-order valence-corrected chi connectivity index (χ3v) is 4.06. The lowest BCUT2D eigenvalue weighted by atomic mass is 10.1. The van der Waals surface area contributed by atoms with Crippen molar-refractivity contribution < 1.29 is 9.53 Å². The molecule has 0 saturated heterocycles. The Kier molecular flexibility index (Phi) is 5.01. The van der Waals surface area contributed by atoms with Crippen molar-refractivity contribution in [3.8, 4) is 0 Å². The maximum Gasteiger partial charge on any atom is 0.246 e. The van der Waals surface area contributed by atoms with Gasteiger partial charge >= 0.3 is 0 Å². The summed E-state index contributed by atoms with van der Waals surface area (Å²) in [5.41, 5.74) is 2.89. The number of anilines is 2. The number of nitrogens with one attached hydrogen (secondary N) is 2. The first kappa shape index (κ1) is 15.3. The lowest BCUT2D eigenvalue weighted by Crippen LogP contribution is -2.23. The third kappa shape index (κ3) is 2.97. The van der Waals surface area contributed by atoms with Gasteiger partial charge in [0.2, 0.25) is 5.91 Å². The monoisotopic (exact) mass is 341 g/mol. The van der Waals surface area contributed by atoms with E-state index >= 15 is 0 Å². The molecule has 110 valence electrons. The molecule has 20 heavy (non-hydrogen) atoms. The lowest BCUT2D eigenvalue weighted by molar-refractivity contribution is -0.117. The number of amides is 1. The van der Waals surface area contributed by atoms with Gasteiger partial charge in [-0.15, -0.1) is 0 Å². The number of nitrogens with zero attached hydrogens (tertiary/aromatic N) is 1. The predicted octanol–water partition coefficient (Wildman–Crippen LogP) is 2.13. The molecule has 1 aromatic carbocycles. The minimum absolute atomic E-state index is 0.0106. The van der Waals surface area contributed by atoms with E-state index in [0.717, 1.165) is 34.6 Å². The third-order valence-electron chi connectivity index (χ3n) is 3.43. The maximum absolute atomic E-state index is 11.8. The van der Waals surface area contributed by atoms with Crippen LogP contribution in [0.2, 0.25) is 0 Å². The van der Waals surface area contributed by atoms with Gasteiger partial charge in [-0.1, -0.05) is 0 Å². The van der Waals surface area contributed by atoms with Crippen LogP contribution < -0.4 is 15.5 Å². The van der Waals surface area contributed by atoms with Crippen molar-refractivity contribution in [1.29, 1.82) is 0 Å². The summed E-state index contributed by atoms with van der Waals surface area (Å²) in [4.78, 5) is 14.0. The Balaban J connectivity index is 2.21. The molecule has 1 unspecified atom stereocenters. The zero-order chi connectivity index (χ0) is 14.7. The quantitative estimate of drug-likeness (QED) is 0.778. The molecule has 0 fully saturated rings. The van der Waals surface area contributed by atoms with E-state index < -0.39 is 0 Å². The Hall–Kier alpha value is -1.11. The van der Waals surface area contributed by atoms with E-state index in [1.54, 1.807) is 7.05 Å². The van der Waals surface area contributed by atoms with E-state index in [1.807, 2.05) is 26.1 Å². The van der Waals surface area contributed by atoms with Gasteiger partial charge in [0.05, 0.1) is 12.3 Å². The highest BCUT2D eigenvalue weighted by Gasteiger charge is 2.30. The van der Waals surface area contributed by atoms with Gasteiger partial charge in [0.15, 0.2) is 0 Å². The van der Waals surface area contributed by atoms with Crippen LogP contribution in [0.3, 0.4) is 0 Å². The van der Waals surface area contributed by atoms with Gasteiger partial charge in [-0.3, -0.25) is 4.79 Å². The highest BCUT2D eigenvalue weighted by molar-refractivity contribution is 9.10. The van der Waals surface area contributed by atoms with Crippen molar-refractivity contribution in [2.24, 2.45) is 0 Å². The highest BCUT2D eigenvalue weighted by atomic mass is 79.9. The van der Waals surface area contributed by atoms with Crippen LogP contribution in [0, 0.1) is 0 Å². The summed E-state index contributed by atoms with van der Waals surface area (Å²) in [5.74, 6) is -0.0106. The average molecular weight is 342 g/mol. The minimum Gasteiger partial charge on any atom is -0.380 e. The first-order chi connectivity index (χ1) is 9.58. The molecule has 1 aliphatic rings. The zero-order valence-corrected chi connectivity index (χ0v) is 13.6. The fourth-order valence-corrected chi connectivity index (χ4v) is 2.98. The molecule has 1 aliphatic heterocycles. The normalized spacial score (nSPS) is 17.0. The number of rotatable bonds is 6. The maximum atomic E-state index is 11.8. The first-order valence-electron chi connectivity index (χ1n) is 6.69. The molecule has 0 bridgehead atoms. The topological polar surface area (TPSA) is 53.6 Å².